The van der Waals surface area contributed by atoms with Crippen LogP contribution in [0.5, 0.6) is 0 Å². The molecule has 0 saturated carbocycles. The lowest BCUT2D eigenvalue weighted by Crippen LogP contribution is -2.47. The van der Waals surface area contributed by atoms with Crippen molar-refractivity contribution < 1.29 is 23.9 Å². The largest absolute Gasteiger partial charge is 0.451 e. The second-order valence-corrected chi connectivity index (χ2v) is 7.67. The van der Waals surface area contributed by atoms with Crippen LogP contribution in [0.3, 0.4) is 0 Å². The molecule has 3 amide bonds. The number of para-hydroxylation sites is 1. The lowest BCUT2D eigenvalue weighted by Gasteiger charge is -2.27. The SMILES string of the molecule is C[C@H](C(=O)O[C@H](C)C(=O)N1c2ccccc2C[C@H]1C)N1C(=O)c2ccccc2C1=O. The molecule has 0 radical (unpaired) electrons. The Morgan fingerprint density at radius 1 is 0.967 bits per heavy atom. The Balaban J connectivity index is 1.47. The van der Waals surface area contributed by atoms with E-state index in [0.29, 0.717) is 0 Å². The van der Waals surface area contributed by atoms with Gasteiger partial charge in [0.25, 0.3) is 17.7 Å². The van der Waals surface area contributed by atoms with Crippen LogP contribution in [0.2, 0.25) is 0 Å². The summed E-state index contributed by atoms with van der Waals surface area (Å²) in [7, 11) is 0. The minimum Gasteiger partial charge on any atom is -0.451 e. The van der Waals surface area contributed by atoms with Crippen LogP contribution in [0.1, 0.15) is 47.1 Å². The Bertz CT molecular complexity index is 1030. The quantitative estimate of drug-likeness (QED) is 0.576. The van der Waals surface area contributed by atoms with Gasteiger partial charge < -0.3 is 9.64 Å². The Morgan fingerprint density at radius 3 is 2.17 bits per heavy atom. The van der Waals surface area contributed by atoms with Crippen molar-refractivity contribution in [2.24, 2.45) is 0 Å². The number of imide groups is 1. The number of carbonyl (C=O) groups is 4. The van der Waals surface area contributed by atoms with Crippen LogP contribution in [0.15, 0.2) is 48.5 Å². The number of ether oxygens (including phenoxy) is 1. The summed E-state index contributed by atoms with van der Waals surface area (Å²) in [6.45, 7) is 4.87. The Kier molecular flexibility index (Phi) is 4.89. The maximum atomic E-state index is 13.0. The van der Waals surface area contributed by atoms with Crippen LogP contribution in [0.4, 0.5) is 5.69 Å². The number of carbonyl (C=O) groups excluding carboxylic acids is 4. The van der Waals surface area contributed by atoms with Crippen LogP contribution >= 0.6 is 0 Å². The summed E-state index contributed by atoms with van der Waals surface area (Å²) in [5, 5.41) is 0. The number of hydrogen-bond acceptors (Lipinski definition) is 5. The first-order valence-corrected chi connectivity index (χ1v) is 9.89. The highest BCUT2D eigenvalue weighted by Gasteiger charge is 2.42. The summed E-state index contributed by atoms with van der Waals surface area (Å²) in [6, 6.07) is 12.8. The van der Waals surface area contributed by atoms with Gasteiger partial charge in [-0.15, -0.1) is 0 Å². The molecule has 2 aromatic carbocycles. The van der Waals surface area contributed by atoms with Crippen molar-refractivity contribution in [3.05, 3.63) is 65.2 Å². The van der Waals surface area contributed by atoms with Crippen molar-refractivity contribution in [3.8, 4) is 0 Å². The Hall–Kier alpha value is -3.48. The van der Waals surface area contributed by atoms with Crippen molar-refractivity contribution in [3.63, 3.8) is 0 Å². The number of hydrogen-bond donors (Lipinski definition) is 0. The molecule has 0 unspecified atom stereocenters. The zero-order valence-corrected chi connectivity index (χ0v) is 17.0. The average Bonchev–Trinajstić information content (AvgIpc) is 3.20. The number of fused-ring (bicyclic) bond motifs is 2. The number of amides is 3. The fourth-order valence-corrected chi connectivity index (χ4v) is 4.09. The minimum absolute atomic E-state index is 0.0512. The van der Waals surface area contributed by atoms with Crippen molar-refractivity contribution in [2.45, 2.75) is 45.4 Å². The maximum Gasteiger partial charge on any atom is 0.329 e. The van der Waals surface area contributed by atoms with E-state index in [2.05, 4.69) is 0 Å². The lowest BCUT2D eigenvalue weighted by molar-refractivity contribution is -0.157. The molecule has 154 valence electrons. The lowest BCUT2D eigenvalue weighted by atomic mass is 10.1. The molecule has 2 aliphatic heterocycles. The van der Waals surface area contributed by atoms with Gasteiger partial charge in [0.15, 0.2) is 6.10 Å². The highest BCUT2D eigenvalue weighted by Crippen LogP contribution is 2.32. The van der Waals surface area contributed by atoms with Gasteiger partial charge in [-0.3, -0.25) is 19.3 Å². The average molecular weight is 406 g/mol. The van der Waals surface area contributed by atoms with Gasteiger partial charge in [0.05, 0.1) is 11.1 Å². The highest BCUT2D eigenvalue weighted by atomic mass is 16.5. The molecule has 0 aliphatic carbocycles. The van der Waals surface area contributed by atoms with E-state index in [-0.39, 0.29) is 23.1 Å². The summed E-state index contributed by atoms with van der Waals surface area (Å²) in [5.74, 6) is -2.22. The van der Waals surface area contributed by atoms with E-state index in [1.165, 1.54) is 13.8 Å². The summed E-state index contributed by atoms with van der Waals surface area (Å²) in [6.07, 6.45) is -0.322. The summed E-state index contributed by atoms with van der Waals surface area (Å²) < 4.78 is 5.38. The number of anilines is 1. The van der Waals surface area contributed by atoms with E-state index >= 15 is 0 Å². The molecule has 4 rings (SSSR count). The zero-order valence-electron chi connectivity index (χ0n) is 17.0. The zero-order chi connectivity index (χ0) is 21.6. The molecule has 0 N–H and O–H groups in total. The normalized spacial score (nSPS) is 19.4. The van der Waals surface area contributed by atoms with Crippen LogP contribution in [-0.2, 0) is 20.7 Å². The third kappa shape index (κ3) is 3.07. The minimum atomic E-state index is -1.14. The number of rotatable bonds is 4. The molecule has 0 bridgehead atoms. The number of benzene rings is 2. The van der Waals surface area contributed by atoms with Crippen LogP contribution in [0, 0.1) is 0 Å². The molecule has 2 aromatic rings. The highest BCUT2D eigenvalue weighted by molar-refractivity contribution is 6.22. The second-order valence-electron chi connectivity index (χ2n) is 7.67. The third-order valence-corrected chi connectivity index (χ3v) is 5.64. The van der Waals surface area contributed by atoms with Gasteiger partial charge in [-0.25, -0.2) is 4.79 Å². The molecule has 0 spiro atoms. The molecule has 2 aliphatic rings. The first-order chi connectivity index (χ1) is 14.3. The van der Waals surface area contributed by atoms with E-state index in [1.54, 1.807) is 29.2 Å². The van der Waals surface area contributed by atoms with E-state index in [4.69, 9.17) is 4.74 Å². The van der Waals surface area contributed by atoms with Crippen LogP contribution in [-0.4, -0.2) is 46.8 Å². The molecule has 0 aromatic heterocycles. The molecule has 30 heavy (non-hydrogen) atoms. The van der Waals surface area contributed by atoms with E-state index in [9.17, 15) is 19.2 Å². The summed E-state index contributed by atoms with van der Waals surface area (Å²) >= 11 is 0. The summed E-state index contributed by atoms with van der Waals surface area (Å²) in [5.41, 5.74) is 2.39. The van der Waals surface area contributed by atoms with Gasteiger partial charge in [0.2, 0.25) is 0 Å². The van der Waals surface area contributed by atoms with E-state index in [0.717, 1.165) is 22.6 Å². The molecule has 0 fully saturated rings. The molecule has 3 atom stereocenters. The van der Waals surface area contributed by atoms with Crippen molar-refractivity contribution in [1.82, 2.24) is 4.90 Å². The topological polar surface area (TPSA) is 84.0 Å². The van der Waals surface area contributed by atoms with Crippen molar-refractivity contribution in [2.75, 3.05) is 4.90 Å². The van der Waals surface area contributed by atoms with Gasteiger partial charge in [0, 0.05) is 11.7 Å². The first-order valence-electron chi connectivity index (χ1n) is 9.89. The van der Waals surface area contributed by atoms with Gasteiger partial charge in [-0.05, 0) is 51.0 Å². The molecule has 7 heteroatoms. The van der Waals surface area contributed by atoms with Crippen molar-refractivity contribution in [1.29, 1.82) is 0 Å². The first kappa shape index (κ1) is 19.8. The second kappa shape index (κ2) is 7.40. The van der Waals surface area contributed by atoms with Gasteiger partial charge in [-0.2, -0.15) is 0 Å². The molecule has 2 heterocycles. The van der Waals surface area contributed by atoms with Crippen molar-refractivity contribution >= 4 is 29.4 Å². The fraction of sp³-hybridized carbons (Fsp3) is 0.304. The Morgan fingerprint density at radius 2 is 1.53 bits per heavy atom. The predicted molar refractivity (Wildman–Crippen MR) is 109 cm³/mol. The number of nitrogens with zero attached hydrogens (tertiary/aromatic N) is 2. The summed E-state index contributed by atoms with van der Waals surface area (Å²) in [4.78, 5) is 53.4. The predicted octanol–water partition coefficient (Wildman–Crippen LogP) is 2.58. The van der Waals surface area contributed by atoms with Crippen LogP contribution in [0.25, 0.3) is 0 Å². The van der Waals surface area contributed by atoms with Gasteiger partial charge in [-0.1, -0.05) is 30.3 Å². The standard InChI is InChI=1S/C23H22N2O5/c1-13-12-16-8-4-7-11-19(16)24(13)20(26)15(3)30-23(29)14(2)25-21(27)17-9-5-6-10-18(17)22(25)28/h4-11,13-15H,12H2,1-3H3/t13-,14-,15-/m1/s1. The van der Waals surface area contributed by atoms with Gasteiger partial charge >= 0.3 is 5.97 Å². The molecule has 7 nitrogen and oxygen atoms in total. The molecular weight excluding hydrogens is 384 g/mol. The maximum absolute atomic E-state index is 13.0. The van der Waals surface area contributed by atoms with E-state index in [1.807, 2.05) is 31.2 Å². The fourth-order valence-electron chi connectivity index (χ4n) is 4.09. The Labute approximate surface area is 174 Å². The molecular formula is C23H22N2O5. The number of esters is 1. The monoisotopic (exact) mass is 406 g/mol. The molecule has 0 saturated heterocycles. The van der Waals surface area contributed by atoms with E-state index < -0.39 is 29.9 Å². The van der Waals surface area contributed by atoms with Crippen LogP contribution < -0.4 is 4.90 Å². The smallest absolute Gasteiger partial charge is 0.329 e. The van der Waals surface area contributed by atoms with Gasteiger partial charge in [0.1, 0.15) is 6.04 Å². The third-order valence-electron chi connectivity index (χ3n) is 5.64.